The molecule has 0 radical (unpaired) electrons. The average Bonchev–Trinajstić information content (AvgIpc) is 2.52. The van der Waals surface area contributed by atoms with Crippen LogP contribution in [0.5, 0.6) is 0 Å². The highest BCUT2D eigenvalue weighted by Gasteiger charge is 2.40. The van der Waals surface area contributed by atoms with Gasteiger partial charge in [0, 0.05) is 19.7 Å². The van der Waals surface area contributed by atoms with Crippen LogP contribution in [0.25, 0.3) is 0 Å². The molecule has 0 bridgehead atoms. The molecular weight excluding hydrogens is 242 g/mol. The van der Waals surface area contributed by atoms with Crippen molar-refractivity contribution < 1.29 is 18.3 Å². The largest absolute Gasteiger partial charge is 0.390 e. The predicted octanol–water partition coefficient (Wildman–Crippen LogP) is -0.109. The molecule has 1 fully saturated rings. The van der Waals surface area contributed by atoms with Gasteiger partial charge in [-0.05, 0) is 13.3 Å². The Labute approximate surface area is 104 Å². The van der Waals surface area contributed by atoms with Gasteiger partial charge in [-0.25, -0.2) is 8.42 Å². The fraction of sp³-hybridized carbons (Fsp3) is 1.00. The molecule has 0 aromatic carbocycles. The number of sulfone groups is 1. The van der Waals surface area contributed by atoms with E-state index in [4.69, 9.17) is 4.74 Å². The maximum atomic E-state index is 11.5. The van der Waals surface area contributed by atoms with Gasteiger partial charge in [0.25, 0.3) is 0 Å². The number of hydrogen-bond acceptors (Lipinski definition) is 5. The van der Waals surface area contributed by atoms with Crippen LogP contribution in [0.4, 0.5) is 0 Å². The first-order chi connectivity index (χ1) is 7.91. The molecule has 3 unspecified atom stereocenters. The summed E-state index contributed by atoms with van der Waals surface area (Å²) in [6.07, 6.45) is 0.151. The Bertz CT molecular complexity index is 330. The van der Waals surface area contributed by atoms with Crippen molar-refractivity contribution in [3.63, 3.8) is 0 Å². The van der Waals surface area contributed by atoms with Crippen LogP contribution in [0, 0.1) is 0 Å². The Kier molecular flexibility index (Phi) is 5.37. The predicted molar refractivity (Wildman–Crippen MR) is 66.8 cm³/mol. The third-order valence-electron chi connectivity index (χ3n) is 3.43. The van der Waals surface area contributed by atoms with Crippen LogP contribution in [0.3, 0.4) is 0 Å². The van der Waals surface area contributed by atoms with Crippen molar-refractivity contribution in [2.75, 3.05) is 31.8 Å². The highest BCUT2D eigenvalue weighted by molar-refractivity contribution is 7.91. The molecule has 0 saturated carbocycles. The zero-order chi connectivity index (χ0) is 13.1. The fourth-order valence-corrected chi connectivity index (χ4v) is 4.08. The lowest BCUT2D eigenvalue weighted by Crippen LogP contribution is -2.49. The molecule has 0 aliphatic carbocycles. The molecule has 3 atom stereocenters. The summed E-state index contributed by atoms with van der Waals surface area (Å²) in [5, 5.41) is 9.88. The Balaban J connectivity index is 2.76. The second-order valence-corrected chi connectivity index (χ2v) is 6.85. The molecule has 1 aliphatic rings. The van der Waals surface area contributed by atoms with Crippen molar-refractivity contribution in [2.24, 2.45) is 0 Å². The van der Waals surface area contributed by atoms with E-state index in [2.05, 4.69) is 11.8 Å². The third kappa shape index (κ3) is 3.91. The number of ether oxygens (including phenoxy) is 1. The van der Waals surface area contributed by atoms with E-state index in [0.717, 1.165) is 6.42 Å². The monoisotopic (exact) mass is 265 g/mol. The summed E-state index contributed by atoms with van der Waals surface area (Å²) >= 11 is 0. The van der Waals surface area contributed by atoms with Crippen LogP contribution in [0.2, 0.25) is 0 Å². The van der Waals surface area contributed by atoms with Crippen molar-refractivity contribution in [1.29, 1.82) is 0 Å². The lowest BCUT2D eigenvalue weighted by atomic mass is 10.1. The van der Waals surface area contributed by atoms with Gasteiger partial charge in [0.2, 0.25) is 0 Å². The van der Waals surface area contributed by atoms with Gasteiger partial charge in [-0.15, -0.1) is 0 Å². The quantitative estimate of drug-likeness (QED) is 0.726. The topological polar surface area (TPSA) is 66.8 Å². The molecule has 1 aliphatic heterocycles. The maximum Gasteiger partial charge on any atom is 0.154 e. The first-order valence-corrected chi connectivity index (χ1v) is 7.86. The Morgan fingerprint density at radius 3 is 2.53 bits per heavy atom. The minimum absolute atomic E-state index is 0.0578. The SMILES string of the molecule is CCC(C)N(CCOC)C1CS(=O)(=O)CC1O. The zero-order valence-electron chi connectivity index (χ0n) is 10.8. The molecule has 1 N–H and O–H groups in total. The summed E-state index contributed by atoms with van der Waals surface area (Å²) < 4.78 is 28.1. The lowest BCUT2D eigenvalue weighted by Gasteiger charge is -2.34. The highest BCUT2D eigenvalue weighted by atomic mass is 32.2. The van der Waals surface area contributed by atoms with Crippen LogP contribution in [0.15, 0.2) is 0 Å². The van der Waals surface area contributed by atoms with Crippen molar-refractivity contribution in [2.45, 2.75) is 38.5 Å². The smallest absolute Gasteiger partial charge is 0.154 e. The third-order valence-corrected chi connectivity index (χ3v) is 5.13. The van der Waals surface area contributed by atoms with E-state index in [9.17, 15) is 13.5 Å². The van der Waals surface area contributed by atoms with Crippen LogP contribution in [-0.4, -0.2) is 68.4 Å². The van der Waals surface area contributed by atoms with Crippen LogP contribution in [0.1, 0.15) is 20.3 Å². The fourth-order valence-electron chi connectivity index (χ4n) is 2.27. The second-order valence-electron chi connectivity index (χ2n) is 4.70. The molecule has 1 saturated heterocycles. The van der Waals surface area contributed by atoms with Crippen LogP contribution < -0.4 is 0 Å². The first-order valence-electron chi connectivity index (χ1n) is 6.04. The highest BCUT2D eigenvalue weighted by Crippen LogP contribution is 2.21. The molecule has 17 heavy (non-hydrogen) atoms. The van der Waals surface area contributed by atoms with Gasteiger partial charge < -0.3 is 9.84 Å². The summed E-state index contributed by atoms with van der Waals surface area (Å²) in [6, 6.07) is -0.0387. The molecule has 1 rings (SSSR count). The number of rotatable bonds is 6. The second kappa shape index (κ2) is 6.13. The number of hydrogen-bond donors (Lipinski definition) is 1. The van der Waals surface area contributed by atoms with E-state index in [1.165, 1.54) is 0 Å². The van der Waals surface area contributed by atoms with Gasteiger partial charge in [-0.2, -0.15) is 0 Å². The molecule has 0 spiro atoms. The molecule has 6 heteroatoms. The van der Waals surface area contributed by atoms with Crippen molar-refractivity contribution in [1.82, 2.24) is 4.90 Å². The van der Waals surface area contributed by atoms with Gasteiger partial charge in [0.1, 0.15) is 0 Å². The minimum Gasteiger partial charge on any atom is -0.390 e. The Morgan fingerprint density at radius 1 is 1.47 bits per heavy atom. The summed E-state index contributed by atoms with van der Waals surface area (Å²) in [5.74, 6) is -0.0557. The van der Waals surface area contributed by atoms with Gasteiger partial charge in [-0.1, -0.05) is 6.92 Å². The summed E-state index contributed by atoms with van der Waals surface area (Å²) in [5.41, 5.74) is 0. The molecule has 1 heterocycles. The molecule has 102 valence electrons. The Hall–Kier alpha value is -0.170. The van der Waals surface area contributed by atoms with Gasteiger partial charge in [0.15, 0.2) is 9.84 Å². The number of aliphatic hydroxyl groups excluding tert-OH is 1. The van der Waals surface area contributed by atoms with E-state index in [1.807, 2.05) is 6.92 Å². The first kappa shape index (κ1) is 14.9. The maximum absolute atomic E-state index is 11.5. The van der Waals surface area contributed by atoms with Gasteiger partial charge in [-0.3, -0.25) is 4.90 Å². The molecular formula is C11H23NO4S. The van der Waals surface area contributed by atoms with E-state index in [0.29, 0.717) is 13.2 Å². The van der Waals surface area contributed by atoms with Crippen LogP contribution >= 0.6 is 0 Å². The number of methoxy groups -OCH3 is 1. The molecule has 0 aromatic heterocycles. The average molecular weight is 265 g/mol. The van der Waals surface area contributed by atoms with Gasteiger partial charge >= 0.3 is 0 Å². The Morgan fingerprint density at radius 2 is 2.12 bits per heavy atom. The van der Waals surface area contributed by atoms with E-state index in [1.54, 1.807) is 7.11 Å². The molecule has 0 amide bonds. The van der Waals surface area contributed by atoms with Crippen molar-refractivity contribution in [3.8, 4) is 0 Å². The van der Waals surface area contributed by atoms with Crippen molar-refractivity contribution >= 4 is 9.84 Å². The molecule has 0 aromatic rings. The van der Waals surface area contributed by atoms with Gasteiger partial charge in [0.05, 0.1) is 30.3 Å². The van der Waals surface area contributed by atoms with Crippen LogP contribution in [-0.2, 0) is 14.6 Å². The molecule has 5 nitrogen and oxygen atoms in total. The summed E-state index contributed by atoms with van der Waals surface area (Å²) in [7, 11) is -1.47. The summed E-state index contributed by atoms with van der Waals surface area (Å²) in [6.45, 7) is 5.31. The minimum atomic E-state index is -3.09. The lowest BCUT2D eigenvalue weighted by molar-refractivity contribution is 0.0378. The summed E-state index contributed by atoms with van der Waals surface area (Å²) in [4.78, 5) is 2.05. The zero-order valence-corrected chi connectivity index (χ0v) is 11.6. The van der Waals surface area contributed by atoms with Crippen molar-refractivity contribution in [3.05, 3.63) is 0 Å². The normalized spacial score (nSPS) is 29.7. The van der Waals surface area contributed by atoms with E-state index < -0.39 is 15.9 Å². The van der Waals surface area contributed by atoms with E-state index >= 15 is 0 Å². The number of nitrogens with zero attached hydrogens (tertiary/aromatic N) is 1. The van der Waals surface area contributed by atoms with E-state index in [-0.39, 0.29) is 23.6 Å². The standard InChI is InChI=1S/C11H23NO4S/c1-4-9(2)12(5-6-16-3)10-7-17(14,15)8-11(10)13/h9-11,13H,4-8H2,1-3H3. The number of aliphatic hydroxyl groups is 1.